The van der Waals surface area contributed by atoms with Gasteiger partial charge in [0.1, 0.15) is 0 Å². The summed E-state index contributed by atoms with van der Waals surface area (Å²) < 4.78 is 44.7. The van der Waals surface area contributed by atoms with Crippen molar-refractivity contribution in [2.24, 2.45) is 11.7 Å². The minimum atomic E-state index is -4.30. The van der Waals surface area contributed by atoms with Gasteiger partial charge < -0.3 is 10.5 Å². The quantitative estimate of drug-likeness (QED) is 0.781. The summed E-state index contributed by atoms with van der Waals surface area (Å²) in [5.41, 5.74) is 4.59. The molecule has 0 aromatic rings. The zero-order valence-electron chi connectivity index (χ0n) is 10.2. The molecule has 0 aromatic carbocycles. The van der Waals surface area contributed by atoms with Gasteiger partial charge in [0.05, 0.1) is 24.7 Å². The Kier molecular flexibility index (Phi) is 3.42. The first kappa shape index (κ1) is 13.4. The molecule has 0 amide bonds. The van der Waals surface area contributed by atoms with Crippen LogP contribution in [0.5, 0.6) is 0 Å². The average molecular weight is 262 g/mol. The first-order valence-electron chi connectivity index (χ1n) is 5.90. The first-order valence-corrected chi connectivity index (χ1v) is 5.90. The van der Waals surface area contributed by atoms with E-state index in [0.29, 0.717) is 26.3 Å². The third-order valence-electron chi connectivity index (χ3n) is 3.65. The number of alkyl halides is 3. The molecule has 1 heterocycles. The molecule has 1 aliphatic heterocycles. The zero-order valence-corrected chi connectivity index (χ0v) is 10.2. The molecule has 0 bridgehead atoms. The molecule has 1 fully saturated rings. The van der Waals surface area contributed by atoms with Crippen molar-refractivity contribution in [3.05, 3.63) is 23.9 Å². The van der Waals surface area contributed by atoms with Crippen LogP contribution in [0.4, 0.5) is 13.2 Å². The monoisotopic (exact) mass is 262 g/mol. The van der Waals surface area contributed by atoms with Crippen LogP contribution in [0.15, 0.2) is 23.9 Å². The minimum absolute atomic E-state index is 0.169. The SMILES string of the molecule is CC1(N2CCOCC2)C=CC(N)=CC1C(F)(F)F. The van der Waals surface area contributed by atoms with Crippen molar-refractivity contribution in [3.63, 3.8) is 0 Å². The van der Waals surface area contributed by atoms with Gasteiger partial charge in [-0.15, -0.1) is 0 Å². The number of morpholine rings is 1. The highest BCUT2D eigenvalue weighted by Crippen LogP contribution is 2.42. The number of rotatable bonds is 1. The van der Waals surface area contributed by atoms with Gasteiger partial charge in [-0.05, 0) is 19.1 Å². The lowest BCUT2D eigenvalue weighted by Crippen LogP contribution is -2.58. The molecule has 2 N–H and O–H groups in total. The van der Waals surface area contributed by atoms with E-state index in [-0.39, 0.29) is 5.70 Å². The van der Waals surface area contributed by atoms with Gasteiger partial charge in [-0.25, -0.2) is 0 Å². The van der Waals surface area contributed by atoms with Crippen molar-refractivity contribution < 1.29 is 17.9 Å². The van der Waals surface area contributed by atoms with Gasteiger partial charge in [0.15, 0.2) is 0 Å². The van der Waals surface area contributed by atoms with Crippen LogP contribution in [-0.4, -0.2) is 42.9 Å². The molecule has 1 aliphatic carbocycles. The maximum absolute atomic E-state index is 13.2. The Balaban J connectivity index is 2.31. The van der Waals surface area contributed by atoms with Crippen molar-refractivity contribution >= 4 is 0 Å². The number of nitrogens with two attached hydrogens (primary N) is 1. The molecule has 2 unspecified atom stereocenters. The fourth-order valence-corrected chi connectivity index (χ4v) is 2.56. The molecule has 102 valence electrons. The second kappa shape index (κ2) is 4.59. The van der Waals surface area contributed by atoms with Crippen molar-refractivity contribution in [2.45, 2.75) is 18.6 Å². The molecule has 1 saturated heterocycles. The first-order chi connectivity index (χ1) is 8.34. The summed E-state index contributed by atoms with van der Waals surface area (Å²) in [7, 11) is 0. The average Bonchev–Trinajstić information content (AvgIpc) is 2.32. The second-order valence-corrected chi connectivity index (χ2v) is 4.84. The molecule has 2 aliphatic rings. The summed E-state index contributed by atoms with van der Waals surface area (Å²) >= 11 is 0. The third-order valence-corrected chi connectivity index (χ3v) is 3.65. The summed E-state index contributed by atoms with van der Waals surface area (Å²) in [5.74, 6) is -1.58. The van der Waals surface area contributed by atoms with Crippen LogP contribution < -0.4 is 5.73 Å². The Hall–Kier alpha value is -1.01. The van der Waals surface area contributed by atoms with E-state index in [1.807, 2.05) is 4.90 Å². The highest BCUT2D eigenvalue weighted by molar-refractivity contribution is 5.30. The van der Waals surface area contributed by atoms with Crippen molar-refractivity contribution in [2.75, 3.05) is 26.3 Å². The lowest BCUT2D eigenvalue weighted by molar-refractivity contribution is -0.191. The van der Waals surface area contributed by atoms with Gasteiger partial charge in [-0.3, -0.25) is 4.90 Å². The van der Waals surface area contributed by atoms with Crippen LogP contribution in [0.2, 0.25) is 0 Å². The summed E-state index contributed by atoms with van der Waals surface area (Å²) in [4.78, 5) is 1.81. The third kappa shape index (κ3) is 2.40. The fraction of sp³-hybridized carbons (Fsp3) is 0.667. The molecule has 2 rings (SSSR count). The molecular weight excluding hydrogens is 245 g/mol. The predicted octanol–water partition coefficient (Wildman–Crippen LogP) is 1.67. The summed E-state index contributed by atoms with van der Waals surface area (Å²) in [6, 6.07) is 0. The molecule has 0 spiro atoms. The normalized spacial score (nSPS) is 34.4. The van der Waals surface area contributed by atoms with Gasteiger partial charge in [0, 0.05) is 18.8 Å². The van der Waals surface area contributed by atoms with Crippen LogP contribution in [0, 0.1) is 5.92 Å². The van der Waals surface area contributed by atoms with Crippen molar-refractivity contribution in [1.82, 2.24) is 4.90 Å². The maximum atomic E-state index is 13.2. The van der Waals surface area contributed by atoms with Gasteiger partial charge in [-0.2, -0.15) is 13.2 Å². The van der Waals surface area contributed by atoms with E-state index in [1.54, 1.807) is 19.1 Å². The molecule has 6 heteroatoms. The van der Waals surface area contributed by atoms with Gasteiger partial charge >= 0.3 is 6.18 Å². The Morgan fingerprint density at radius 2 is 2.00 bits per heavy atom. The highest BCUT2D eigenvalue weighted by Gasteiger charge is 2.52. The molecule has 0 saturated carbocycles. The Morgan fingerprint density at radius 3 is 2.56 bits per heavy atom. The lowest BCUT2D eigenvalue weighted by atomic mass is 9.79. The lowest BCUT2D eigenvalue weighted by Gasteiger charge is -2.47. The Morgan fingerprint density at radius 1 is 1.39 bits per heavy atom. The molecule has 0 aromatic heterocycles. The van der Waals surface area contributed by atoms with Crippen molar-refractivity contribution in [3.8, 4) is 0 Å². The van der Waals surface area contributed by atoms with E-state index in [2.05, 4.69) is 0 Å². The zero-order chi connectivity index (χ0) is 13.4. The number of hydrogen-bond acceptors (Lipinski definition) is 3. The van der Waals surface area contributed by atoms with E-state index >= 15 is 0 Å². The second-order valence-electron chi connectivity index (χ2n) is 4.84. The number of hydrogen-bond donors (Lipinski definition) is 1. The fourth-order valence-electron chi connectivity index (χ4n) is 2.56. The number of nitrogens with zero attached hydrogens (tertiary/aromatic N) is 1. The minimum Gasteiger partial charge on any atom is -0.399 e. The predicted molar refractivity (Wildman–Crippen MR) is 61.8 cm³/mol. The maximum Gasteiger partial charge on any atom is 0.397 e. The molecular formula is C12H17F3N2O. The molecule has 3 nitrogen and oxygen atoms in total. The van der Waals surface area contributed by atoms with Crippen molar-refractivity contribution in [1.29, 1.82) is 0 Å². The van der Waals surface area contributed by atoms with E-state index in [9.17, 15) is 13.2 Å². The number of ether oxygens (including phenoxy) is 1. The standard InChI is InChI=1S/C12H17F3N2O/c1-11(17-4-6-18-7-5-17)3-2-9(16)8-10(11)12(13,14)15/h2-3,8,10H,4-7,16H2,1H3. The smallest absolute Gasteiger partial charge is 0.397 e. The molecule has 2 atom stereocenters. The Bertz CT molecular complexity index is 372. The van der Waals surface area contributed by atoms with Crippen LogP contribution in [0.25, 0.3) is 0 Å². The number of halogens is 3. The van der Waals surface area contributed by atoms with Gasteiger partial charge in [0.25, 0.3) is 0 Å². The van der Waals surface area contributed by atoms with Gasteiger partial charge in [0.2, 0.25) is 0 Å². The summed E-state index contributed by atoms with van der Waals surface area (Å²) in [5, 5.41) is 0. The van der Waals surface area contributed by atoms with E-state index in [0.717, 1.165) is 6.08 Å². The summed E-state index contributed by atoms with van der Waals surface area (Å²) in [6.07, 6.45) is -0.0819. The van der Waals surface area contributed by atoms with Crippen LogP contribution in [0.3, 0.4) is 0 Å². The highest BCUT2D eigenvalue weighted by atomic mass is 19.4. The van der Waals surface area contributed by atoms with Gasteiger partial charge in [-0.1, -0.05) is 6.08 Å². The van der Waals surface area contributed by atoms with E-state index in [1.165, 1.54) is 0 Å². The van der Waals surface area contributed by atoms with E-state index in [4.69, 9.17) is 10.5 Å². The summed E-state index contributed by atoms with van der Waals surface area (Å²) in [6.45, 7) is 3.54. The largest absolute Gasteiger partial charge is 0.399 e. The van der Waals surface area contributed by atoms with Crippen LogP contribution in [-0.2, 0) is 4.74 Å². The topological polar surface area (TPSA) is 38.5 Å². The molecule has 0 radical (unpaired) electrons. The van der Waals surface area contributed by atoms with E-state index < -0.39 is 17.6 Å². The molecule has 18 heavy (non-hydrogen) atoms. The van der Waals surface area contributed by atoms with Crippen LogP contribution in [0.1, 0.15) is 6.92 Å². The van der Waals surface area contributed by atoms with Crippen LogP contribution >= 0.6 is 0 Å². The Labute approximate surface area is 104 Å². The number of allylic oxidation sites excluding steroid dienone is 1.